The van der Waals surface area contributed by atoms with Crippen molar-refractivity contribution in [2.75, 3.05) is 12.0 Å². The number of aromatic nitrogens is 1. The molecule has 1 saturated carbocycles. The molecule has 92 valence electrons. The number of ether oxygens (including phenoxy) is 1. The quantitative estimate of drug-likeness (QED) is 0.790. The monoisotopic (exact) mass is 234 g/mol. The minimum atomic E-state index is -0.287. The second-order valence-corrected chi connectivity index (χ2v) is 4.34. The smallest absolute Gasteiger partial charge is 0.414 e. The number of nitrogens with zero attached hydrogens (tertiary/aromatic N) is 2. The van der Waals surface area contributed by atoms with Gasteiger partial charge in [0.2, 0.25) is 0 Å². The Morgan fingerprint density at radius 3 is 2.76 bits per heavy atom. The first kappa shape index (κ1) is 11.9. The molecule has 0 radical (unpaired) electrons. The minimum Gasteiger partial charge on any atom is -0.452 e. The molecule has 1 aliphatic rings. The molecule has 1 amide bonds. The van der Waals surface area contributed by atoms with Gasteiger partial charge in [0.05, 0.1) is 19.0 Å². The number of methoxy groups -OCH3 is 1. The second-order valence-electron chi connectivity index (χ2n) is 4.34. The lowest BCUT2D eigenvalue weighted by Crippen LogP contribution is -2.41. The summed E-state index contributed by atoms with van der Waals surface area (Å²) < 4.78 is 4.88. The summed E-state index contributed by atoms with van der Waals surface area (Å²) in [5.41, 5.74) is 0.825. The van der Waals surface area contributed by atoms with Crippen molar-refractivity contribution >= 4 is 11.8 Å². The van der Waals surface area contributed by atoms with Crippen LogP contribution in [0.4, 0.5) is 10.5 Å². The molecule has 17 heavy (non-hydrogen) atoms. The van der Waals surface area contributed by atoms with Crippen molar-refractivity contribution in [1.29, 1.82) is 0 Å². The third-order valence-electron chi connectivity index (χ3n) is 3.24. The van der Waals surface area contributed by atoms with Crippen molar-refractivity contribution in [3.8, 4) is 0 Å². The number of rotatable bonds is 2. The molecule has 0 bridgehead atoms. The first-order chi connectivity index (χ1) is 8.33. The summed E-state index contributed by atoms with van der Waals surface area (Å²) in [6.45, 7) is 0. The number of hydrogen-bond acceptors (Lipinski definition) is 3. The third kappa shape index (κ3) is 2.75. The maximum Gasteiger partial charge on any atom is 0.414 e. The van der Waals surface area contributed by atoms with Gasteiger partial charge < -0.3 is 4.74 Å². The summed E-state index contributed by atoms with van der Waals surface area (Å²) in [6.07, 6.45) is 8.85. The molecule has 0 aromatic carbocycles. The van der Waals surface area contributed by atoms with E-state index < -0.39 is 0 Å². The van der Waals surface area contributed by atoms with E-state index in [-0.39, 0.29) is 12.1 Å². The lowest BCUT2D eigenvalue weighted by Gasteiger charge is -2.32. The zero-order valence-electron chi connectivity index (χ0n) is 10.1. The van der Waals surface area contributed by atoms with Gasteiger partial charge in [-0.1, -0.05) is 19.3 Å². The van der Waals surface area contributed by atoms with E-state index in [1.165, 1.54) is 26.4 Å². The second kappa shape index (κ2) is 5.66. The van der Waals surface area contributed by atoms with E-state index >= 15 is 0 Å². The Balaban J connectivity index is 2.21. The molecule has 0 spiro atoms. The fraction of sp³-hybridized carbons (Fsp3) is 0.538. The van der Waals surface area contributed by atoms with Gasteiger partial charge in [-0.15, -0.1) is 0 Å². The SMILES string of the molecule is COC(=O)N(c1cccnc1)C1CCCCC1. The summed E-state index contributed by atoms with van der Waals surface area (Å²) in [7, 11) is 1.43. The fourth-order valence-corrected chi connectivity index (χ4v) is 2.40. The molecule has 4 heteroatoms. The molecular weight excluding hydrogens is 216 g/mol. The van der Waals surface area contributed by atoms with Crippen LogP contribution in [0.15, 0.2) is 24.5 Å². The highest BCUT2D eigenvalue weighted by Gasteiger charge is 2.27. The van der Waals surface area contributed by atoms with Crippen LogP contribution in [0, 0.1) is 0 Å². The van der Waals surface area contributed by atoms with Crippen LogP contribution < -0.4 is 4.90 Å². The lowest BCUT2D eigenvalue weighted by atomic mass is 9.94. The highest BCUT2D eigenvalue weighted by molar-refractivity contribution is 5.87. The molecule has 1 aromatic heterocycles. The molecule has 0 aliphatic heterocycles. The summed E-state index contributed by atoms with van der Waals surface area (Å²) in [6, 6.07) is 3.99. The number of carbonyl (C=O) groups excluding carboxylic acids is 1. The Hall–Kier alpha value is -1.58. The molecule has 1 aliphatic carbocycles. The molecule has 1 heterocycles. The Labute approximate surface area is 102 Å². The van der Waals surface area contributed by atoms with Crippen LogP contribution in [-0.2, 0) is 4.74 Å². The largest absolute Gasteiger partial charge is 0.452 e. The zero-order valence-corrected chi connectivity index (χ0v) is 10.1. The van der Waals surface area contributed by atoms with Gasteiger partial charge in [-0.3, -0.25) is 9.88 Å². The van der Waals surface area contributed by atoms with Gasteiger partial charge in [0.15, 0.2) is 0 Å². The van der Waals surface area contributed by atoms with Crippen molar-refractivity contribution in [2.45, 2.75) is 38.1 Å². The Bertz CT molecular complexity index is 361. The van der Waals surface area contributed by atoms with E-state index in [0.29, 0.717) is 0 Å². The van der Waals surface area contributed by atoms with E-state index in [9.17, 15) is 4.79 Å². The Morgan fingerprint density at radius 2 is 2.18 bits per heavy atom. The highest BCUT2D eigenvalue weighted by atomic mass is 16.5. The van der Waals surface area contributed by atoms with Gasteiger partial charge in [-0.25, -0.2) is 4.79 Å². The molecule has 0 atom stereocenters. The highest BCUT2D eigenvalue weighted by Crippen LogP contribution is 2.27. The van der Waals surface area contributed by atoms with Gasteiger partial charge in [0.1, 0.15) is 0 Å². The molecule has 4 nitrogen and oxygen atoms in total. The summed E-state index contributed by atoms with van der Waals surface area (Å²) in [4.78, 5) is 17.7. The van der Waals surface area contributed by atoms with Gasteiger partial charge >= 0.3 is 6.09 Å². The van der Waals surface area contributed by atoms with Gasteiger partial charge in [-0.2, -0.15) is 0 Å². The third-order valence-corrected chi connectivity index (χ3v) is 3.24. The normalized spacial score (nSPS) is 16.5. The number of pyridine rings is 1. The van der Waals surface area contributed by atoms with E-state index in [0.717, 1.165) is 18.5 Å². The Morgan fingerprint density at radius 1 is 1.41 bits per heavy atom. The Kier molecular flexibility index (Phi) is 3.96. The average molecular weight is 234 g/mol. The van der Waals surface area contributed by atoms with Gasteiger partial charge in [0.25, 0.3) is 0 Å². The van der Waals surface area contributed by atoms with E-state index in [2.05, 4.69) is 4.98 Å². The van der Waals surface area contributed by atoms with Crippen LogP contribution >= 0.6 is 0 Å². The van der Waals surface area contributed by atoms with Crippen molar-refractivity contribution in [3.05, 3.63) is 24.5 Å². The molecule has 0 saturated heterocycles. The van der Waals surface area contributed by atoms with E-state index in [1.807, 2.05) is 12.1 Å². The number of carbonyl (C=O) groups is 1. The predicted molar refractivity (Wildman–Crippen MR) is 66.0 cm³/mol. The first-order valence-electron chi connectivity index (χ1n) is 6.10. The van der Waals surface area contributed by atoms with Crippen LogP contribution in [0.3, 0.4) is 0 Å². The molecule has 1 fully saturated rings. The van der Waals surface area contributed by atoms with Crippen LogP contribution in [0.1, 0.15) is 32.1 Å². The molecule has 2 rings (SSSR count). The van der Waals surface area contributed by atoms with Gasteiger partial charge in [0, 0.05) is 12.2 Å². The zero-order chi connectivity index (χ0) is 12.1. The maximum absolute atomic E-state index is 11.9. The summed E-state index contributed by atoms with van der Waals surface area (Å²) >= 11 is 0. The molecule has 0 unspecified atom stereocenters. The molecule has 0 N–H and O–H groups in total. The summed E-state index contributed by atoms with van der Waals surface area (Å²) in [5.74, 6) is 0. The topological polar surface area (TPSA) is 42.4 Å². The molecule has 1 aromatic rings. The standard InChI is InChI=1S/C13H18N2O2/c1-17-13(16)15(11-6-3-2-4-7-11)12-8-5-9-14-10-12/h5,8-11H,2-4,6-7H2,1H3. The van der Waals surface area contributed by atoms with Crippen molar-refractivity contribution in [2.24, 2.45) is 0 Å². The number of amides is 1. The van der Waals surface area contributed by atoms with Crippen molar-refractivity contribution in [3.63, 3.8) is 0 Å². The summed E-state index contributed by atoms with van der Waals surface area (Å²) in [5, 5.41) is 0. The number of anilines is 1. The van der Waals surface area contributed by atoms with Gasteiger partial charge in [-0.05, 0) is 25.0 Å². The number of hydrogen-bond donors (Lipinski definition) is 0. The van der Waals surface area contributed by atoms with Crippen LogP contribution in [-0.4, -0.2) is 24.2 Å². The lowest BCUT2D eigenvalue weighted by molar-refractivity contribution is 0.173. The van der Waals surface area contributed by atoms with E-state index in [4.69, 9.17) is 4.74 Å². The van der Waals surface area contributed by atoms with E-state index in [1.54, 1.807) is 17.3 Å². The van der Waals surface area contributed by atoms with Crippen molar-refractivity contribution in [1.82, 2.24) is 4.98 Å². The predicted octanol–water partition coefficient (Wildman–Crippen LogP) is 2.99. The van der Waals surface area contributed by atoms with Crippen LogP contribution in [0.25, 0.3) is 0 Å². The minimum absolute atomic E-state index is 0.250. The fourth-order valence-electron chi connectivity index (χ4n) is 2.40. The van der Waals surface area contributed by atoms with Crippen LogP contribution in [0.5, 0.6) is 0 Å². The van der Waals surface area contributed by atoms with Crippen molar-refractivity contribution < 1.29 is 9.53 Å². The first-order valence-corrected chi connectivity index (χ1v) is 6.10. The maximum atomic E-state index is 11.9. The molecular formula is C13H18N2O2. The van der Waals surface area contributed by atoms with Crippen LogP contribution in [0.2, 0.25) is 0 Å². The average Bonchev–Trinajstić information content (AvgIpc) is 2.41.